The number of aryl methyl sites for hydroxylation is 6. The van der Waals surface area contributed by atoms with E-state index in [0.29, 0.717) is 32.8 Å². The first-order chi connectivity index (χ1) is 25.9. The van der Waals surface area contributed by atoms with E-state index in [4.69, 9.17) is 0 Å². The van der Waals surface area contributed by atoms with Gasteiger partial charge in [-0.2, -0.15) is 0 Å². The minimum absolute atomic E-state index is 0. The first kappa shape index (κ1) is 39.3. The van der Waals surface area contributed by atoms with E-state index in [0.717, 1.165) is 22.5 Å². The van der Waals surface area contributed by atoms with Gasteiger partial charge in [-0.05, 0) is 107 Å². The Morgan fingerprint density at radius 1 is 0.600 bits per heavy atom. The number of halogens is 1. The van der Waals surface area contributed by atoms with Crippen LogP contribution in [0.25, 0.3) is 55.3 Å². The first-order valence-electron chi connectivity index (χ1n) is 17.5. The summed E-state index contributed by atoms with van der Waals surface area (Å²) in [5, 5.41) is 2.57. The van der Waals surface area contributed by atoms with Gasteiger partial charge in [0, 0.05) is 18.6 Å². The van der Waals surface area contributed by atoms with Crippen molar-refractivity contribution in [1.82, 2.24) is 15.0 Å². The molecule has 1 aliphatic rings. The van der Waals surface area contributed by atoms with Crippen LogP contribution in [-0.2, 0) is 29.9 Å². The summed E-state index contributed by atoms with van der Waals surface area (Å²) in [7, 11) is -3.67. The molecular formula is C47H37FIrN3O2S. The van der Waals surface area contributed by atoms with Crippen molar-refractivity contribution in [2.45, 2.75) is 51.3 Å². The third kappa shape index (κ3) is 8.04. The molecule has 0 N–H and O–H groups in total. The van der Waals surface area contributed by atoms with E-state index in [1.807, 2.05) is 24.5 Å². The molecule has 4 heterocycles. The van der Waals surface area contributed by atoms with Gasteiger partial charge in [0.1, 0.15) is 5.82 Å². The van der Waals surface area contributed by atoms with Crippen molar-refractivity contribution in [1.29, 1.82) is 0 Å². The van der Waals surface area contributed by atoms with E-state index < -0.39 is 9.84 Å². The van der Waals surface area contributed by atoms with E-state index in [1.165, 1.54) is 45.5 Å². The van der Waals surface area contributed by atoms with Gasteiger partial charge in [0.05, 0.1) is 4.90 Å². The molecular weight excluding hydrogens is 882 g/mol. The molecule has 8 aromatic rings. The van der Waals surface area contributed by atoms with Gasteiger partial charge in [-0.25, -0.2) is 12.8 Å². The number of sulfone groups is 1. The van der Waals surface area contributed by atoms with Gasteiger partial charge in [0.15, 0.2) is 9.84 Å². The molecule has 0 bridgehead atoms. The first-order valence-corrected chi connectivity index (χ1v) is 19.0. The van der Waals surface area contributed by atoms with Gasteiger partial charge < -0.3 is 15.0 Å². The Labute approximate surface area is 335 Å². The molecule has 274 valence electrons. The minimum atomic E-state index is -3.67. The van der Waals surface area contributed by atoms with Crippen LogP contribution >= 0.6 is 0 Å². The van der Waals surface area contributed by atoms with Gasteiger partial charge in [-0.3, -0.25) is 0 Å². The van der Waals surface area contributed by atoms with Gasteiger partial charge >= 0.3 is 20.1 Å². The summed E-state index contributed by atoms with van der Waals surface area (Å²) in [6.07, 6.45) is 5.45. The average Bonchev–Trinajstić information content (AvgIpc) is 3.17. The molecule has 0 saturated carbocycles. The number of aromatic nitrogens is 3. The monoisotopic (exact) mass is 919 g/mol. The van der Waals surface area contributed by atoms with Crippen molar-refractivity contribution in [3.63, 3.8) is 0 Å². The van der Waals surface area contributed by atoms with Crippen LogP contribution in [0.5, 0.6) is 0 Å². The smallest absolute Gasteiger partial charge is 0.304 e. The number of fused-ring (bicyclic) bond motifs is 4. The number of hydrogen-bond donors (Lipinski definition) is 0. The number of rotatable bonds is 2. The van der Waals surface area contributed by atoms with Crippen LogP contribution in [0.4, 0.5) is 4.39 Å². The molecule has 8 heteroatoms. The SMILES string of the molecule is Cc1c[c-]c(-c2cc(C)c(C)cn2)cc1.Cc1c[c-]c(-c2cc(C)c(C)cn2)cc1.O=S1(=O)c2ccc[c-]c2-c2nccc3c2c1cc1ccc(F)cc13.[Ir+3]. The fourth-order valence-corrected chi connectivity index (χ4v) is 7.93. The van der Waals surface area contributed by atoms with Crippen LogP contribution in [-0.4, -0.2) is 23.4 Å². The Morgan fingerprint density at radius 2 is 1.20 bits per heavy atom. The molecule has 5 aromatic carbocycles. The normalized spacial score (nSPS) is 12.1. The van der Waals surface area contributed by atoms with E-state index in [1.54, 1.807) is 42.6 Å². The van der Waals surface area contributed by atoms with Crippen molar-refractivity contribution in [2.75, 3.05) is 0 Å². The molecule has 0 fully saturated rings. The molecule has 0 atom stereocenters. The Balaban J connectivity index is 0.000000146. The molecule has 55 heavy (non-hydrogen) atoms. The second-order valence-electron chi connectivity index (χ2n) is 13.6. The van der Waals surface area contributed by atoms with Crippen molar-refractivity contribution < 1.29 is 32.9 Å². The van der Waals surface area contributed by atoms with E-state index >= 15 is 0 Å². The van der Waals surface area contributed by atoms with Crippen LogP contribution in [0.2, 0.25) is 0 Å². The third-order valence-electron chi connectivity index (χ3n) is 9.66. The molecule has 0 amide bonds. The van der Waals surface area contributed by atoms with Crippen LogP contribution < -0.4 is 0 Å². The predicted octanol–water partition coefficient (Wildman–Crippen LogP) is 11.1. The number of benzene rings is 5. The number of pyridine rings is 3. The van der Waals surface area contributed by atoms with E-state index in [-0.39, 0.29) is 35.7 Å². The fraction of sp³-hybridized carbons (Fsp3) is 0.128. The molecule has 0 radical (unpaired) electrons. The second kappa shape index (κ2) is 16.1. The average molecular weight is 919 g/mol. The Hall–Kier alpha value is -5.40. The summed E-state index contributed by atoms with van der Waals surface area (Å²) in [6.45, 7) is 12.5. The van der Waals surface area contributed by atoms with Gasteiger partial charge in [-0.1, -0.05) is 43.2 Å². The van der Waals surface area contributed by atoms with E-state index in [9.17, 15) is 12.8 Å². The summed E-state index contributed by atoms with van der Waals surface area (Å²) >= 11 is 0. The van der Waals surface area contributed by atoms with Crippen LogP contribution in [0.1, 0.15) is 33.4 Å². The quantitative estimate of drug-likeness (QED) is 0.128. The molecule has 0 unspecified atom stereocenters. The Kier molecular flexibility index (Phi) is 11.5. The summed E-state index contributed by atoms with van der Waals surface area (Å²) < 4.78 is 39.9. The zero-order valence-electron chi connectivity index (χ0n) is 31.2. The molecule has 0 spiro atoms. The fourth-order valence-electron chi connectivity index (χ4n) is 6.25. The zero-order valence-corrected chi connectivity index (χ0v) is 34.5. The number of nitrogens with zero attached hydrogens (tertiary/aromatic N) is 3. The summed E-state index contributed by atoms with van der Waals surface area (Å²) in [6, 6.07) is 38.5. The largest absolute Gasteiger partial charge is 3.00 e. The maximum absolute atomic E-state index is 13.7. The molecule has 9 rings (SSSR count). The minimum Gasteiger partial charge on any atom is -0.304 e. The van der Waals surface area contributed by atoms with Crippen molar-refractivity contribution >= 4 is 31.4 Å². The maximum atomic E-state index is 13.7. The second-order valence-corrected chi connectivity index (χ2v) is 15.5. The van der Waals surface area contributed by atoms with Crippen molar-refractivity contribution in [3.05, 3.63) is 173 Å². The predicted molar refractivity (Wildman–Crippen MR) is 214 cm³/mol. The molecule has 1 aliphatic heterocycles. The van der Waals surface area contributed by atoms with Crippen LogP contribution in [0.3, 0.4) is 0 Å². The standard InChI is InChI=1S/C19H9FNO2S.2C14H14N.Ir/c20-12-6-5-11-9-17-18-13(15(11)10-12)7-8-21-19(18)14-3-1-2-4-16(14)24(17,22)23;2*1-10-4-6-13(7-5-10)14-8-11(2)12(3)9-15-14;/h1-2,4-10H;2*4-6,8-9H,1-3H3;/q3*-1;+3. The number of hydrogen-bond acceptors (Lipinski definition) is 5. The van der Waals surface area contributed by atoms with Gasteiger partial charge in [0.25, 0.3) is 0 Å². The summed E-state index contributed by atoms with van der Waals surface area (Å²) in [5.74, 6) is -0.359. The topological polar surface area (TPSA) is 72.8 Å². The molecule has 0 saturated heterocycles. The molecule has 0 aliphatic carbocycles. The molecule has 5 nitrogen and oxygen atoms in total. The molecule has 3 aromatic heterocycles. The van der Waals surface area contributed by atoms with Gasteiger partial charge in [-0.15, -0.1) is 101 Å². The Morgan fingerprint density at radius 3 is 1.75 bits per heavy atom. The maximum Gasteiger partial charge on any atom is 3.00 e. The van der Waals surface area contributed by atoms with Crippen LogP contribution in [0, 0.1) is 65.6 Å². The van der Waals surface area contributed by atoms with E-state index in [2.05, 4.69) is 111 Å². The zero-order chi connectivity index (χ0) is 38.1. The van der Waals surface area contributed by atoms with Gasteiger partial charge in [0.2, 0.25) is 0 Å². The van der Waals surface area contributed by atoms with Crippen molar-refractivity contribution in [3.8, 4) is 33.8 Å². The summed E-state index contributed by atoms with van der Waals surface area (Å²) in [4.78, 5) is 13.6. The van der Waals surface area contributed by atoms with Crippen LogP contribution in [0.15, 0.2) is 125 Å². The van der Waals surface area contributed by atoms with Crippen molar-refractivity contribution in [2.24, 2.45) is 0 Å². The third-order valence-corrected chi connectivity index (χ3v) is 11.5. The Bertz CT molecular complexity index is 2710. The summed E-state index contributed by atoms with van der Waals surface area (Å²) in [5.41, 5.74) is 12.6.